The number of aromatic hydroxyl groups is 1. The van der Waals surface area contributed by atoms with Gasteiger partial charge in [0.2, 0.25) is 0 Å². The van der Waals surface area contributed by atoms with Crippen molar-refractivity contribution in [1.29, 1.82) is 0 Å². The maximum atomic E-state index is 9.50. The number of phenols is 1. The second-order valence-electron chi connectivity index (χ2n) is 4.66. The van der Waals surface area contributed by atoms with Crippen LogP contribution in [0.25, 0.3) is 0 Å². The third-order valence-electron chi connectivity index (χ3n) is 3.08. The monoisotopic (exact) mass is 523 g/mol. The van der Waals surface area contributed by atoms with Crippen LogP contribution in [0.5, 0.6) is 11.5 Å². The smallest absolute Gasteiger partial charge is 0.179 e. The summed E-state index contributed by atoms with van der Waals surface area (Å²) in [4.78, 5) is 2.38. The van der Waals surface area contributed by atoms with Gasteiger partial charge in [0.15, 0.2) is 5.98 Å². The Hall–Kier alpha value is -0.840. The minimum absolute atomic E-state index is 0. The van der Waals surface area contributed by atoms with E-state index in [0.717, 1.165) is 5.75 Å². The van der Waals surface area contributed by atoms with Crippen molar-refractivity contribution in [1.82, 2.24) is 4.90 Å². The first kappa shape index (κ1) is 40.5. The van der Waals surface area contributed by atoms with Crippen LogP contribution in [0.1, 0.15) is 28.2 Å². The molecular formula is C22H39Cl3F2NO2P. The first-order valence-electron chi connectivity index (χ1n) is 8.99. The molecule has 2 aromatic rings. The third-order valence-corrected chi connectivity index (χ3v) is 3.08. The molecule has 0 unspecified atom stereocenters. The topological polar surface area (TPSA) is 32.7 Å². The lowest BCUT2D eigenvalue weighted by Crippen LogP contribution is -2.21. The van der Waals surface area contributed by atoms with Gasteiger partial charge in [-0.05, 0) is 43.9 Å². The van der Waals surface area contributed by atoms with E-state index in [1.54, 1.807) is 31.4 Å². The van der Waals surface area contributed by atoms with E-state index in [1.165, 1.54) is 19.6 Å². The molecule has 0 saturated carbocycles. The van der Waals surface area contributed by atoms with Crippen LogP contribution < -0.4 is 4.74 Å². The highest BCUT2D eigenvalue weighted by molar-refractivity contribution is 8.20. The van der Waals surface area contributed by atoms with Crippen LogP contribution in [-0.4, -0.2) is 51.1 Å². The Kier molecular flexibility index (Phi) is 47.7. The minimum Gasteiger partial charge on any atom is -0.508 e. The van der Waals surface area contributed by atoms with E-state index in [4.69, 9.17) is 43.6 Å². The molecule has 0 bridgehead atoms. The van der Waals surface area contributed by atoms with Crippen LogP contribution in [0.15, 0.2) is 60.7 Å². The Morgan fingerprint density at radius 1 is 0.774 bits per heavy atom. The molecule has 31 heavy (non-hydrogen) atoms. The molecule has 0 aliphatic rings. The number of halogens is 5. The Balaban J connectivity index is -0.0000000927. The van der Waals surface area contributed by atoms with Crippen LogP contribution in [0.3, 0.4) is 0 Å². The van der Waals surface area contributed by atoms with Crippen molar-refractivity contribution in [2.24, 2.45) is 0 Å². The number of alkyl halides is 2. The fraction of sp³-hybridized carbons (Fsp3) is 0.455. The number of ether oxygens (including phenoxy) is 1. The summed E-state index contributed by atoms with van der Waals surface area (Å²) >= 11 is 14.6. The van der Waals surface area contributed by atoms with Crippen LogP contribution in [0.2, 0.25) is 0 Å². The normalized spacial score (nSPS) is 8.03. The number of methoxy groups -OCH3 is 1. The average Bonchev–Trinajstić information content (AvgIpc) is 2.79. The summed E-state index contributed by atoms with van der Waals surface area (Å²) in [5.74, 6) is 0.0278. The van der Waals surface area contributed by atoms with Gasteiger partial charge in [0.25, 0.3) is 0 Å². The average molecular weight is 525 g/mol. The molecule has 0 aliphatic heterocycles. The van der Waals surface area contributed by atoms with E-state index < -0.39 is 5.98 Å². The quantitative estimate of drug-likeness (QED) is 0.405. The van der Waals surface area contributed by atoms with Gasteiger partial charge >= 0.3 is 0 Å². The predicted octanol–water partition coefficient (Wildman–Crippen LogP) is 9.17. The summed E-state index contributed by atoms with van der Waals surface area (Å²) in [5.41, 5.74) is 0. The Bertz CT molecular complexity index is 504. The maximum Gasteiger partial charge on any atom is 0.179 e. The number of hydrogen-bond acceptors (Lipinski definition) is 3. The van der Waals surface area contributed by atoms with E-state index >= 15 is 0 Å². The lowest BCUT2D eigenvalue weighted by Gasteiger charge is -2.13. The number of para-hydroxylation sites is 2. The SMILES string of the molecule is C.CCN(CC)CC.CF.CF.COc1ccccc1.ClP(Cl)Cl.Oc1ccccc1. The maximum absolute atomic E-state index is 9.50. The summed E-state index contributed by atoms with van der Waals surface area (Å²) in [6.45, 7) is 10.1. The zero-order valence-corrected chi connectivity index (χ0v) is 21.7. The number of hydrogen-bond donors (Lipinski definition) is 1. The van der Waals surface area contributed by atoms with Crippen molar-refractivity contribution in [3.63, 3.8) is 0 Å². The van der Waals surface area contributed by atoms with Crippen molar-refractivity contribution < 1.29 is 18.6 Å². The van der Waals surface area contributed by atoms with Crippen molar-refractivity contribution in [2.45, 2.75) is 28.2 Å². The molecule has 0 amide bonds. The summed E-state index contributed by atoms with van der Waals surface area (Å²) in [5, 5.41) is 8.63. The molecular weight excluding hydrogens is 486 g/mol. The number of phenolic OH excluding ortho intramolecular Hbond substituents is 1. The van der Waals surface area contributed by atoms with Crippen molar-refractivity contribution in [3.8, 4) is 11.5 Å². The van der Waals surface area contributed by atoms with Crippen LogP contribution >= 0.6 is 39.7 Å². The molecule has 2 rings (SSSR count). The van der Waals surface area contributed by atoms with Gasteiger partial charge in [-0.15, -0.1) is 0 Å². The fourth-order valence-electron chi connectivity index (χ4n) is 1.66. The van der Waals surface area contributed by atoms with Gasteiger partial charge in [-0.25, -0.2) is 0 Å². The molecule has 0 radical (unpaired) electrons. The van der Waals surface area contributed by atoms with E-state index in [-0.39, 0.29) is 7.43 Å². The van der Waals surface area contributed by atoms with E-state index in [2.05, 4.69) is 25.7 Å². The highest BCUT2D eigenvalue weighted by Crippen LogP contribution is 2.51. The van der Waals surface area contributed by atoms with Gasteiger partial charge in [0.05, 0.1) is 21.5 Å². The minimum atomic E-state index is -1.20. The Labute approximate surface area is 204 Å². The van der Waals surface area contributed by atoms with Crippen molar-refractivity contribution in [2.75, 3.05) is 41.1 Å². The van der Waals surface area contributed by atoms with Crippen molar-refractivity contribution >= 4 is 39.7 Å². The fourth-order valence-corrected chi connectivity index (χ4v) is 1.66. The molecule has 1 N–H and O–H groups in total. The van der Waals surface area contributed by atoms with Gasteiger partial charge in [-0.3, -0.25) is 8.78 Å². The molecule has 0 atom stereocenters. The highest BCUT2D eigenvalue weighted by atomic mass is 36.0. The Morgan fingerprint density at radius 2 is 1.06 bits per heavy atom. The predicted molar refractivity (Wildman–Crippen MR) is 140 cm³/mol. The van der Waals surface area contributed by atoms with Gasteiger partial charge in [-0.2, -0.15) is 0 Å². The van der Waals surface area contributed by atoms with Gasteiger partial charge < -0.3 is 14.7 Å². The standard InChI is InChI=1S/C7H8O.C6H15N.C6H6O.2CH3F.CH4.Cl3P/c1-8-7-5-3-2-4-6-7;1-4-7(5-2)6-3;7-6-4-2-1-3-5-6;2*1-2;;1-4(2)3/h2-6H,1H3;4-6H2,1-3H3;1-5,7H;2*1H3;1H4;. The van der Waals surface area contributed by atoms with Gasteiger partial charge in [-0.1, -0.05) is 98.3 Å². The molecule has 3 nitrogen and oxygen atoms in total. The van der Waals surface area contributed by atoms with Gasteiger partial charge in [0.1, 0.15) is 11.5 Å². The second kappa shape index (κ2) is 36.5. The van der Waals surface area contributed by atoms with Crippen LogP contribution in [-0.2, 0) is 0 Å². The zero-order chi connectivity index (χ0) is 24.2. The number of benzene rings is 2. The van der Waals surface area contributed by atoms with Crippen molar-refractivity contribution in [3.05, 3.63) is 60.7 Å². The van der Waals surface area contributed by atoms with Crippen LogP contribution in [0.4, 0.5) is 8.78 Å². The molecule has 0 saturated heterocycles. The number of rotatable bonds is 4. The lowest BCUT2D eigenvalue weighted by atomic mass is 10.3. The summed E-state index contributed by atoms with van der Waals surface area (Å²) in [6, 6.07) is 18.4. The summed E-state index contributed by atoms with van der Waals surface area (Å²) in [7, 11) is 2.66. The van der Waals surface area contributed by atoms with E-state index in [9.17, 15) is 8.78 Å². The molecule has 184 valence electrons. The molecule has 9 heteroatoms. The molecule has 0 fully saturated rings. The van der Waals surface area contributed by atoms with E-state index in [0.29, 0.717) is 20.1 Å². The number of nitrogens with zero attached hydrogens (tertiary/aromatic N) is 1. The lowest BCUT2D eigenvalue weighted by molar-refractivity contribution is 0.321. The highest BCUT2D eigenvalue weighted by Gasteiger charge is 1.89. The van der Waals surface area contributed by atoms with E-state index in [1.807, 2.05) is 36.4 Å². The van der Waals surface area contributed by atoms with Gasteiger partial charge in [0, 0.05) is 0 Å². The first-order chi connectivity index (χ1) is 14.4. The summed E-state index contributed by atoms with van der Waals surface area (Å²) in [6.07, 6.45) is 0. The zero-order valence-electron chi connectivity index (χ0n) is 18.5. The largest absolute Gasteiger partial charge is 0.508 e. The molecule has 2 aromatic carbocycles. The molecule has 0 aliphatic carbocycles. The molecule has 0 aromatic heterocycles. The Morgan fingerprint density at radius 3 is 1.19 bits per heavy atom. The second-order valence-corrected chi connectivity index (χ2v) is 9.65. The molecule has 0 spiro atoms. The van der Waals surface area contributed by atoms with Crippen LogP contribution in [0, 0.1) is 0 Å². The summed E-state index contributed by atoms with van der Waals surface area (Å²) < 4.78 is 23.9. The first-order valence-corrected chi connectivity index (χ1v) is 13.0. The molecule has 0 heterocycles. The third kappa shape index (κ3) is 40.1.